The Morgan fingerprint density at radius 3 is 2.67 bits per heavy atom. The van der Waals surface area contributed by atoms with Crippen LogP contribution in [0.5, 0.6) is 0 Å². The second-order valence-electron chi connectivity index (χ2n) is 2.33. The SMILES string of the molecule is CNc1cccc(Br)c1C(=N)N. The van der Waals surface area contributed by atoms with Crippen LogP contribution in [0, 0.1) is 5.41 Å². The third-order valence-electron chi connectivity index (χ3n) is 1.55. The minimum atomic E-state index is 0.0619. The van der Waals surface area contributed by atoms with Gasteiger partial charge in [-0.1, -0.05) is 6.07 Å². The Morgan fingerprint density at radius 2 is 2.25 bits per heavy atom. The number of benzene rings is 1. The highest BCUT2D eigenvalue weighted by atomic mass is 79.9. The molecular formula is C8H10BrN3. The lowest BCUT2D eigenvalue weighted by Gasteiger charge is -2.08. The van der Waals surface area contributed by atoms with Crippen molar-refractivity contribution in [1.82, 2.24) is 0 Å². The summed E-state index contributed by atoms with van der Waals surface area (Å²) in [5.41, 5.74) is 6.97. The van der Waals surface area contributed by atoms with Crippen molar-refractivity contribution in [2.24, 2.45) is 5.73 Å². The van der Waals surface area contributed by atoms with E-state index in [0.29, 0.717) is 5.56 Å². The summed E-state index contributed by atoms with van der Waals surface area (Å²) in [6.07, 6.45) is 0. The molecule has 0 aliphatic rings. The van der Waals surface area contributed by atoms with Gasteiger partial charge in [-0.2, -0.15) is 0 Å². The first-order valence-electron chi connectivity index (χ1n) is 3.47. The number of hydrogen-bond acceptors (Lipinski definition) is 2. The molecule has 0 radical (unpaired) electrons. The van der Waals surface area contributed by atoms with Crippen LogP contribution in [0.2, 0.25) is 0 Å². The molecule has 1 aromatic carbocycles. The Labute approximate surface area is 79.6 Å². The van der Waals surface area contributed by atoms with Crippen LogP contribution in [0.4, 0.5) is 5.69 Å². The molecule has 0 aromatic heterocycles. The van der Waals surface area contributed by atoms with Crippen LogP contribution in [0.1, 0.15) is 5.56 Å². The summed E-state index contributed by atoms with van der Waals surface area (Å²) in [5, 5.41) is 10.3. The Balaban J connectivity index is 3.29. The molecule has 0 spiro atoms. The van der Waals surface area contributed by atoms with Crippen LogP contribution < -0.4 is 11.1 Å². The summed E-state index contributed by atoms with van der Waals surface area (Å²) >= 11 is 3.33. The van der Waals surface area contributed by atoms with Gasteiger partial charge in [0.25, 0.3) is 0 Å². The van der Waals surface area contributed by atoms with E-state index in [4.69, 9.17) is 11.1 Å². The highest BCUT2D eigenvalue weighted by Gasteiger charge is 2.06. The number of nitrogens with one attached hydrogen (secondary N) is 2. The monoisotopic (exact) mass is 227 g/mol. The van der Waals surface area contributed by atoms with E-state index < -0.39 is 0 Å². The van der Waals surface area contributed by atoms with Crippen molar-refractivity contribution in [3.8, 4) is 0 Å². The summed E-state index contributed by atoms with van der Waals surface area (Å²) in [7, 11) is 1.80. The normalized spacial score (nSPS) is 9.50. The molecule has 0 saturated heterocycles. The van der Waals surface area contributed by atoms with Gasteiger partial charge in [-0.15, -0.1) is 0 Å². The van der Waals surface area contributed by atoms with Crippen LogP contribution >= 0.6 is 15.9 Å². The molecule has 0 saturated carbocycles. The van der Waals surface area contributed by atoms with Gasteiger partial charge in [0, 0.05) is 17.2 Å². The number of halogens is 1. The van der Waals surface area contributed by atoms with E-state index in [1.54, 1.807) is 7.05 Å². The van der Waals surface area contributed by atoms with Crippen LogP contribution in [0.3, 0.4) is 0 Å². The summed E-state index contributed by atoms with van der Waals surface area (Å²) in [6, 6.07) is 5.63. The van der Waals surface area contributed by atoms with Crippen LogP contribution in [-0.2, 0) is 0 Å². The minimum Gasteiger partial charge on any atom is -0.387 e. The van der Waals surface area contributed by atoms with Crippen molar-refractivity contribution in [1.29, 1.82) is 5.41 Å². The van der Waals surface area contributed by atoms with Crippen molar-refractivity contribution in [2.75, 3.05) is 12.4 Å². The van der Waals surface area contributed by atoms with Gasteiger partial charge in [-0.05, 0) is 28.1 Å². The van der Waals surface area contributed by atoms with E-state index in [-0.39, 0.29) is 5.84 Å². The quantitative estimate of drug-likeness (QED) is 0.533. The van der Waals surface area contributed by atoms with Crippen molar-refractivity contribution < 1.29 is 0 Å². The minimum absolute atomic E-state index is 0.0619. The highest BCUT2D eigenvalue weighted by molar-refractivity contribution is 9.10. The zero-order valence-corrected chi connectivity index (χ0v) is 8.27. The molecule has 12 heavy (non-hydrogen) atoms. The summed E-state index contributed by atoms with van der Waals surface area (Å²) in [5.74, 6) is 0.0619. The largest absolute Gasteiger partial charge is 0.387 e. The van der Waals surface area contributed by atoms with Gasteiger partial charge in [0.15, 0.2) is 0 Å². The Kier molecular flexibility index (Phi) is 2.70. The molecule has 4 heteroatoms. The predicted octanol–water partition coefficient (Wildman–Crippen LogP) is 1.77. The molecular weight excluding hydrogens is 218 g/mol. The number of anilines is 1. The second kappa shape index (κ2) is 3.58. The van der Waals surface area contributed by atoms with Gasteiger partial charge >= 0.3 is 0 Å². The molecule has 4 N–H and O–H groups in total. The van der Waals surface area contributed by atoms with Crippen molar-refractivity contribution >= 4 is 27.5 Å². The molecule has 0 aliphatic carbocycles. The van der Waals surface area contributed by atoms with E-state index >= 15 is 0 Å². The number of nitrogen functional groups attached to an aromatic ring is 1. The van der Waals surface area contributed by atoms with Crippen molar-refractivity contribution in [3.63, 3.8) is 0 Å². The van der Waals surface area contributed by atoms with Gasteiger partial charge < -0.3 is 11.1 Å². The molecule has 64 valence electrons. The third kappa shape index (κ3) is 1.58. The van der Waals surface area contributed by atoms with Gasteiger partial charge in [-0.3, -0.25) is 5.41 Å². The van der Waals surface area contributed by atoms with E-state index in [1.165, 1.54) is 0 Å². The number of hydrogen-bond donors (Lipinski definition) is 3. The molecule has 0 bridgehead atoms. The summed E-state index contributed by atoms with van der Waals surface area (Å²) in [4.78, 5) is 0. The lowest BCUT2D eigenvalue weighted by atomic mass is 10.1. The lowest BCUT2D eigenvalue weighted by molar-refractivity contribution is 1.39. The Morgan fingerprint density at radius 1 is 1.58 bits per heavy atom. The fourth-order valence-corrected chi connectivity index (χ4v) is 1.59. The second-order valence-corrected chi connectivity index (χ2v) is 3.18. The van der Waals surface area contributed by atoms with Crippen LogP contribution in [0.25, 0.3) is 0 Å². The molecule has 0 heterocycles. The predicted molar refractivity (Wildman–Crippen MR) is 54.7 cm³/mol. The van der Waals surface area contributed by atoms with Gasteiger partial charge in [0.05, 0.1) is 5.56 Å². The molecule has 0 unspecified atom stereocenters. The lowest BCUT2D eigenvalue weighted by Crippen LogP contribution is -2.14. The number of rotatable bonds is 2. The first-order chi connectivity index (χ1) is 5.66. The molecule has 0 aliphatic heterocycles. The molecule has 1 aromatic rings. The summed E-state index contributed by atoms with van der Waals surface area (Å²) in [6.45, 7) is 0. The first-order valence-corrected chi connectivity index (χ1v) is 4.26. The van der Waals surface area contributed by atoms with Crippen molar-refractivity contribution in [2.45, 2.75) is 0 Å². The standard InChI is InChI=1S/C8H10BrN3/c1-12-6-4-2-3-5(9)7(6)8(10)11/h2-4,12H,1H3,(H3,10,11). The van der Waals surface area contributed by atoms with Crippen molar-refractivity contribution in [3.05, 3.63) is 28.2 Å². The van der Waals surface area contributed by atoms with E-state index in [2.05, 4.69) is 21.2 Å². The average molecular weight is 228 g/mol. The summed E-state index contributed by atoms with van der Waals surface area (Å²) < 4.78 is 0.835. The molecule has 0 fully saturated rings. The van der Waals surface area contributed by atoms with Gasteiger partial charge in [0.1, 0.15) is 5.84 Å². The topological polar surface area (TPSA) is 61.9 Å². The van der Waals surface area contributed by atoms with E-state index in [9.17, 15) is 0 Å². The average Bonchev–Trinajstić information content (AvgIpc) is 2.03. The molecule has 3 nitrogen and oxygen atoms in total. The van der Waals surface area contributed by atoms with Gasteiger partial charge in [-0.25, -0.2) is 0 Å². The van der Waals surface area contributed by atoms with Crippen LogP contribution in [0.15, 0.2) is 22.7 Å². The maximum Gasteiger partial charge on any atom is 0.126 e. The van der Waals surface area contributed by atoms with Gasteiger partial charge in [0.2, 0.25) is 0 Å². The van der Waals surface area contributed by atoms with Crippen LogP contribution in [-0.4, -0.2) is 12.9 Å². The van der Waals surface area contributed by atoms with E-state index in [0.717, 1.165) is 10.2 Å². The fraction of sp³-hybridized carbons (Fsp3) is 0.125. The third-order valence-corrected chi connectivity index (χ3v) is 2.21. The molecule has 0 atom stereocenters. The first kappa shape index (κ1) is 9.06. The molecule has 0 amide bonds. The number of amidine groups is 1. The zero-order valence-electron chi connectivity index (χ0n) is 6.69. The maximum atomic E-state index is 7.33. The maximum absolute atomic E-state index is 7.33. The Hall–Kier alpha value is -1.03. The fourth-order valence-electron chi connectivity index (χ4n) is 1.01. The number of nitrogens with two attached hydrogens (primary N) is 1. The smallest absolute Gasteiger partial charge is 0.126 e. The highest BCUT2D eigenvalue weighted by Crippen LogP contribution is 2.23. The Bertz CT molecular complexity index is 309. The molecule has 1 rings (SSSR count). The van der Waals surface area contributed by atoms with E-state index in [1.807, 2.05) is 18.2 Å². The zero-order chi connectivity index (χ0) is 9.14.